The molecule has 0 heterocycles. The van der Waals surface area contributed by atoms with Crippen LogP contribution in [0.5, 0.6) is 11.5 Å². The lowest BCUT2D eigenvalue weighted by Gasteiger charge is -2.10. The highest BCUT2D eigenvalue weighted by Gasteiger charge is 2.16. The molecule has 0 spiro atoms. The number of carboxylic acid groups (broad SMARTS) is 1. The van der Waals surface area contributed by atoms with E-state index in [1.54, 1.807) is 30.3 Å². The first-order valence-electron chi connectivity index (χ1n) is 7.84. The van der Waals surface area contributed by atoms with Crippen molar-refractivity contribution in [1.82, 2.24) is 0 Å². The summed E-state index contributed by atoms with van der Waals surface area (Å²) in [6.45, 7) is 4.86. The smallest absolute Gasteiger partial charge is 0.343 e. The molecule has 132 valence electrons. The number of halogens is 1. The molecule has 0 unspecified atom stereocenters. The van der Waals surface area contributed by atoms with Gasteiger partial charge in [0.15, 0.2) is 0 Å². The third-order valence-electron chi connectivity index (χ3n) is 3.43. The maximum absolute atomic E-state index is 12.2. The van der Waals surface area contributed by atoms with Gasteiger partial charge < -0.3 is 14.6 Å². The Hall–Kier alpha value is -2.34. The zero-order valence-electron chi connectivity index (χ0n) is 14.0. The molecular weight excluding hydrogens is 388 g/mol. The number of aromatic carboxylic acids is 1. The summed E-state index contributed by atoms with van der Waals surface area (Å²) in [7, 11) is 0. The van der Waals surface area contributed by atoms with Crippen molar-refractivity contribution >= 4 is 27.9 Å². The lowest BCUT2D eigenvalue weighted by molar-refractivity contribution is 0.0681. The second-order valence-electron chi connectivity index (χ2n) is 5.89. The Morgan fingerprint density at radius 1 is 1.12 bits per heavy atom. The predicted molar refractivity (Wildman–Crippen MR) is 97.5 cm³/mol. The van der Waals surface area contributed by atoms with E-state index in [1.165, 1.54) is 12.1 Å². The second kappa shape index (κ2) is 8.67. The highest BCUT2D eigenvalue weighted by Crippen LogP contribution is 2.24. The van der Waals surface area contributed by atoms with Crippen molar-refractivity contribution in [3.05, 3.63) is 58.1 Å². The summed E-state index contributed by atoms with van der Waals surface area (Å²) >= 11 is 3.20. The Labute approximate surface area is 154 Å². The molecular formula is C19H19BrO5. The number of benzene rings is 2. The normalized spacial score (nSPS) is 10.6. The Morgan fingerprint density at radius 3 is 2.40 bits per heavy atom. The van der Waals surface area contributed by atoms with Crippen LogP contribution in [0.15, 0.2) is 46.9 Å². The molecule has 25 heavy (non-hydrogen) atoms. The topological polar surface area (TPSA) is 72.8 Å². The number of hydrogen-bond acceptors (Lipinski definition) is 4. The molecule has 0 fully saturated rings. The van der Waals surface area contributed by atoms with Crippen LogP contribution in [0.25, 0.3) is 0 Å². The predicted octanol–water partition coefficient (Wildman–Crippen LogP) is 4.79. The minimum absolute atomic E-state index is 0.00189. The Bertz CT molecular complexity index is 753. The third-order valence-corrected chi connectivity index (χ3v) is 3.92. The van der Waals surface area contributed by atoms with E-state index in [9.17, 15) is 14.7 Å². The van der Waals surface area contributed by atoms with Gasteiger partial charge in [0.25, 0.3) is 0 Å². The molecule has 0 aliphatic rings. The van der Waals surface area contributed by atoms with Crippen LogP contribution in [-0.4, -0.2) is 23.7 Å². The van der Waals surface area contributed by atoms with Crippen LogP contribution >= 0.6 is 15.9 Å². The molecule has 2 rings (SSSR count). The quantitative estimate of drug-likeness (QED) is 0.528. The highest BCUT2D eigenvalue weighted by atomic mass is 79.9. The number of hydrogen-bond donors (Lipinski definition) is 1. The van der Waals surface area contributed by atoms with E-state index in [1.807, 2.05) is 0 Å². The fraction of sp³-hybridized carbons (Fsp3) is 0.263. The number of carboxylic acids is 1. The molecule has 0 atom stereocenters. The van der Waals surface area contributed by atoms with E-state index in [2.05, 4.69) is 29.8 Å². The summed E-state index contributed by atoms with van der Waals surface area (Å²) in [6, 6.07) is 11.0. The first-order chi connectivity index (χ1) is 11.9. The molecule has 0 amide bonds. The number of esters is 1. The Kier molecular flexibility index (Phi) is 6.58. The number of carbonyl (C=O) groups is 2. The summed E-state index contributed by atoms with van der Waals surface area (Å²) in [5.41, 5.74) is 0.229. The third kappa shape index (κ3) is 5.60. The molecule has 0 bridgehead atoms. The van der Waals surface area contributed by atoms with Crippen molar-refractivity contribution in [1.29, 1.82) is 0 Å². The van der Waals surface area contributed by atoms with Crippen molar-refractivity contribution in [2.75, 3.05) is 6.61 Å². The molecule has 2 aromatic rings. The average molecular weight is 407 g/mol. The van der Waals surface area contributed by atoms with E-state index in [-0.39, 0.29) is 11.3 Å². The van der Waals surface area contributed by atoms with Gasteiger partial charge in [-0.05, 0) is 54.8 Å². The Morgan fingerprint density at radius 2 is 1.80 bits per heavy atom. The lowest BCUT2D eigenvalue weighted by Crippen LogP contribution is -2.11. The van der Waals surface area contributed by atoms with Crippen LogP contribution < -0.4 is 9.47 Å². The molecule has 0 saturated carbocycles. The van der Waals surface area contributed by atoms with Gasteiger partial charge in [-0.15, -0.1) is 0 Å². The highest BCUT2D eigenvalue weighted by molar-refractivity contribution is 9.10. The minimum Gasteiger partial charge on any atom is -0.494 e. The molecule has 0 saturated heterocycles. The Balaban J connectivity index is 2.05. The lowest BCUT2D eigenvalue weighted by atomic mass is 10.1. The molecule has 0 aliphatic carbocycles. The summed E-state index contributed by atoms with van der Waals surface area (Å²) < 4.78 is 11.4. The van der Waals surface area contributed by atoms with Crippen LogP contribution in [0.3, 0.4) is 0 Å². The van der Waals surface area contributed by atoms with Crippen molar-refractivity contribution in [3.63, 3.8) is 0 Å². The maximum atomic E-state index is 12.2. The molecule has 0 aliphatic heterocycles. The van der Waals surface area contributed by atoms with E-state index >= 15 is 0 Å². The van der Waals surface area contributed by atoms with Gasteiger partial charge in [0, 0.05) is 4.47 Å². The van der Waals surface area contributed by atoms with Gasteiger partial charge in [-0.2, -0.15) is 0 Å². The van der Waals surface area contributed by atoms with Gasteiger partial charge in [-0.25, -0.2) is 9.59 Å². The van der Waals surface area contributed by atoms with E-state index < -0.39 is 11.9 Å². The fourth-order valence-corrected chi connectivity index (χ4v) is 2.38. The van der Waals surface area contributed by atoms with Crippen molar-refractivity contribution in [2.24, 2.45) is 5.92 Å². The van der Waals surface area contributed by atoms with Crippen LogP contribution in [-0.2, 0) is 0 Å². The average Bonchev–Trinajstić information content (AvgIpc) is 2.56. The second-order valence-corrected chi connectivity index (χ2v) is 6.81. The van der Waals surface area contributed by atoms with Crippen LogP contribution in [0.1, 0.15) is 41.0 Å². The van der Waals surface area contributed by atoms with Crippen molar-refractivity contribution < 1.29 is 24.2 Å². The molecule has 2 aromatic carbocycles. The zero-order chi connectivity index (χ0) is 18.4. The van der Waals surface area contributed by atoms with E-state index in [4.69, 9.17) is 9.47 Å². The van der Waals surface area contributed by atoms with Gasteiger partial charge in [0.05, 0.1) is 12.2 Å². The van der Waals surface area contributed by atoms with Gasteiger partial charge in [0.2, 0.25) is 0 Å². The van der Waals surface area contributed by atoms with Gasteiger partial charge >= 0.3 is 11.9 Å². The molecule has 1 N–H and O–H groups in total. The molecule has 5 nitrogen and oxygen atoms in total. The monoisotopic (exact) mass is 406 g/mol. The molecule has 0 aromatic heterocycles. The first kappa shape index (κ1) is 19.0. The number of ether oxygens (including phenoxy) is 2. The maximum Gasteiger partial charge on any atom is 0.343 e. The molecule has 6 heteroatoms. The summed E-state index contributed by atoms with van der Waals surface area (Å²) in [6.07, 6.45) is 0.950. The summed E-state index contributed by atoms with van der Waals surface area (Å²) in [4.78, 5) is 23.5. The number of rotatable bonds is 7. The fourth-order valence-electron chi connectivity index (χ4n) is 2.02. The van der Waals surface area contributed by atoms with Crippen molar-refractivity contribution in [2.45, 2.75) is 20.3 Å². The van der Waals surface area contributed by atoms with E-state index in [0.717, 1.165) is 6.42 Å². The van der Waals surface area contributed by atoms with Crippen LogP contribution in [0.4, 0.5) is 0 Å². The van der Waals surface area contributed by atoms with Gasteiger partial charge in [-0.1, -0.05) is 29.8 Å². The van der Waals surface area contributed by atoms with Gasteiger partial charge in [-0.3, -0.25) is 0 Å². The largest absolute Gasteiger partial charge is 0.494 e. The minimum atomic E-state index is -1.17. The van der Waals surface area contributed by atoms with Crippen molar-refractivity contribution in [3.8, 4) is 11.5 Å². The van der Waals surface area contributed by atoms with Gasteiger partial charge in [0.1, 0.15) is 17.1 Å². The first-order valence-corrected chi connectivity index (χ1v) is 8.64. The SMILES string of the molecule is CC(C)CCOc1ccc(C(=O)Oc2ccc(Br)cc2C(=O)O)cc1. The summed E-state index contributed by atoms with van der Waals surface area (Å²) in [5.74, 6) is -0.565. The van der Waals surface area contributed by atoms with Crippen LogP contribution in [0, 0.1) is 5.92 Å². The molecule has 0 radical (unpaired) electrons. The van der Waals surface area contributed by atoms with Crippen LogP contribution in [0.2, 0.25) is 0 Å². The summed E-state index contributed by atoms with van der Waals surface area (Å²) in [5, 5.41) is 9.20. The zero-order valence-corrected chi connectivity index (χ0v) is 15.6. The van der Waals surface area contributed by atoms with E-state index in [0.29, 0.717) is 28.3 Å². The standard InChI is InChI=1S/C19H19BrO5/c1-12(2)9-10-24-15-6-3-13(4-7-15)19(23)25-17-8-5-14(20)11-16(17)18(21)22/h3-8,11-12H,9-10H2,1-2H3,(H,21,22). The number of carbonyl (C=O) groups excluding carboxylic acids is 1.